The molecule has 0 fully saturated rings. The topological polar surface area (TPSA) is 38.9 Å². The minimum atomic E-state index is 0.583. The molecule has 1 aromatic carbocycles. The Bertz CT molecular complexity index is 471. The molecule has 0 spiro atoms. The lowest BCUT2D eigenvalue weighted by atomic mass is 10.1. The second-order valence-corrected chi connectivity index (χ2v) is 3.97. The molecule has 2 rings (SSSR count). The van der Waals surface area contributed by atoms with E-state index in [-0.39, 0.29) is 0 Å². The van der Waals surface area contributed by atoms with Gasteiger partial charge in [0.15, 0.2) is 0 Å². The highest BCUT2D eigenvalue weighted by atomic mass is 32.1. The van der Waals surface area contributed by atoms with E-state index < -0.39 is 0 Å². The van der Waals surface area contributed by atoms with Crippen LogP contribution >= 0.6 is 11.5 Å². The highest BCUT2D eigenvalue weighted by Crippen LogP contribution is 2.23. The van der Waals surface area contributed by atoms with E-state index in [0.29, 0.717) is 6.54 Å². The zero-order valence-electron chi connectivity index (χ0n) is 8.03. The van der Waals surface area contributed by atoms with E-state index in [1.54, 1.807) is 11.5 Å². The van der Waals surface area contributed by atoms with Crippen molar-refractivity contribution in [2.24, 2.45) is 5.73 Å². The first-order valence-corrected chi connectivity index (χ1v) is 5.31. The number of nitrogens with two attached hydrogens (primary N) is 1. The van der Waals surface area contributed by atoms with Crippen LogP contribution in [0, 0.1) is 6.92 Å². The predicted octanol–water partition coefficient (Wildman–Crippen LogP) is 2.58. The first-order valence-electron chi connectivity index (χ1n) is 4.54. The van der Waals surface area contributed by atoms with Crippen molar-refractivity contribution in [1.29, 1.82) is 0 Å². The van der Waals surface area contributed by atoms with Gasteiger partial charge in [0.2, 0.25) is 0 Å². The maximum absolute atomic E-state index is 5.40. The lowest BCUT2D eigenvalue weighted by Gasteiger charge is -1.93. The summed E-state index contributed by atoms with van der Waals surface area (Å²) in [4.78, 5) is 0. The van der Waals surface area contributed by atoms with Crippen molar-refractivity contribution in [2.45, 2.75) is 6.92 Å². The van der Waals surface area contributed by atoms with Gasteiger partial charge in [-0.2, -0.15) is 4.37 Å². The third kappa shape index (κ3) is 1.69. The fourth-order valence-corrected chi connectivity index (χ4v) is 2.22. The Labute approximate surface area is 87.2 Å². The van der Waals surface area contributed by atoms with Crippen LogP contribution in [0.5, 0.6) is 0 Å². The summed E-state index contributed by atoms with van der Waals surface area (Å²) in [6.45, 7) is 2.62. The van der Waals surface area contributed by atoms with Crippen LogP contribution in [0.3, 0.4) is 0 Å². The molecular weight excluding hydrogens is 192 g/mol. The van der Waals surface area contributed by atoms with Gasteiger partial charge in [-0.15, -0.1) is 0 Å². The van der Waals surface area contributed by atoms with E-state index in [9.17, 15) is 0 Å². The van der Waals surface area contributed by atoms with Gasteiger partial charge >= 0.3 is 0 Å². The molecule has 14 heavy (non-hydrogen) atoms. The maximum Gasteiger partial charge on any atom is 0.0589 e. The summed E-state index contributed by atoms with van der Waals surface area (Å²) >= 11 is 1.55. The van der Waals surface area contributed by atoms with Crippen molar-refractivity contribution in [3.05, 3.63) is 35.5 Å². The van der Waals surface area contributed by atoms with Gasteiger partial charge in [0.25, 0.3) is 0 Å². The van der Waals surface area contributed by atoms with Gasteiger partial charge < -0.3 is 5.73 Å². The zero-order valence-corrected chi connectivity index (χ0v) is 8.84. The number of benzene rings is 1. The summed E-state index contributed by atoms with van der Waals surface area (Å²) in [7, 11) is 0. The first kappa shape index (κ1) is 9.37. The summed E-state index contributed by atoms with van der Waals surface area (Å²) < 4.78 is 5.55. The van der Waals surface area contributed by atoms with E-state index in [2.05, 4.69) is 22.6 Å². The molecular formula is C11H12N2S. The van der Waals surface area contributed by atoms with Crippen molar-refractivity contribution in [3.63, 3.8) is 0 Å². The van der Waals surface area contributed by atoms with Gasteiger partial charge in [-0.05, 0) is 30.1 Å². The quantitative estimate of drug-likeness (QED) is 0.816. The number of rotatable bonds is 2. The van der Waals surface area contributed by atoms with Crippen molar-refractivity contribution >= 4 is 27.7 Å². The monoisotopic (exact) mass is 204 g/mol. The van der Waals surface area contributed by atoms with Crippen LogP contribution < -0.4 is 5.73 Å². The zero-order chi connectivity index (χ0) is 9.97. The third-order valence-corrected chi connectivity index (χ3v) is 3.02. The number of fused-ring (bicyclic) bond motifs is 1. The van der Waals surface area contributed by atoms with Gasteiger partial charge in [-0.1, -0.05) is 24.3 Å². The normalized spacial score (nSPS) is 11.6. The van der Waals surface area contributed by atoms with E-state index in [1.165, 1.54) is 15.6 Å². The Hall–Kier alpha value is -1.19. The minimum Gasteiger partial charge on any atom is -0.327 e. The van der Waals surface area contributed by atoms with Crippen LogP contribution in [0.1, 0.15) is 11.3 Å². The van der Waals surface area contributed by atoms with Gasteiger partial charge in [-0.3, -0.25) is 0 Å². The molecule has 0 amide bonds. The Kier molecular flexibility index (Phi) is 2.61. The van der Waals surface area contributed by atoms with Crippen molar-refractivity contribution in [2.75, 3.05) is 6.54 Å². The molecule has 1 heterocycles. The molecule has 0 aliphatic rings. The van der Waals surface area contributed by atoms with Crippen LogP contribution in [0.2, 0.25) is 0 Å². The molecule has 0 unspecified atom stereocenters. The van der Waals surface area contributed by atoms with E-state index >= 15 is 0 Å². The molecule has 0 atom stereocenters. The van der Waals surface area contributed by atoms with E-state index in [0.717, 1.165) is 5.69 Å². The number of nitrogens with zero attached hydrogens (tertiary/aromatic N) is 1. The smallest absolute Gasteiger partial charge is 0.0589 e. The lowest BCUT2D eigenvalue weighted by Crippen LogP contribution is -1.91. The molecule has 0 saturated heterocycles. The molecule has 3 heteroatoms. The largest absolute Gasteiger partial charge is 0.327 e. The van der Waals surface area contributed by atoms with Crippen LogP contribution in [0.25, 0.3) is 16.2 Å². The number of aryl methyl sites for hydroxylation is 1. The van der Waals surface area contributed by atoms with Crippen LogP contribution in [-0.2, 0) is 0 Å². The molecule has 2 aromatic rings. The predicted molar refractivity (Wildman–Crippen MR) is 62.4 cm³/mol. The molecule has 0 saturated carbocycles. The fourth-order valence-electron chi connectivity index (χ4n) is 1.39. The number of hydrogen-bond acceptors (Lipinski definition) is 3. The highest BCUT2D eigenvalue weighted by Gasteiger charge is 2.00. The van der Waals surface area contributed by atoms with Gasteiger partial charge in [0.1, 0.15) is 0 Å². The SMILES string of the molecule is Cc1nsc2cc(/C=C/CN)ccc12. The summed E-state index contributed by atoms with van der Waals surface area (Å²) in [6, 6.07) is 6.35. The van der Waals surface area contributed by atoms with Crippen LogP contribution in [0.4, 0.5) is 0 Å². The molecule has 0 aliphatic carbocycles. The first-order chi connectivity index (χ1) is 6.81. The fraction of sp³-hybridized carbons (Fsp3) is 0.182. The Morgan fingerprint density at radius 1 is 1.50 bits per heavy atom. The third-order valence-electron chi connectivity index (χ3n) is 2.12. The van der Waals surface area contributed by atoms with E-state index in [4.69, 9.17) is 5.73 Å². The summed E-state index contributed by atoms with van der Waals surface area (Å²) in [6.07, 6.45) is 3.99. The summed E-state index contributed by atoms with van der Waals surface area (Å²) in [5.41, 5.74) is 7.69. The second kappa shape index (κ2) is 3.90. The molecule has 0 bridgehead atoms. The van der Waals surface area contributed by atoms with Crippen molar-refractivity contribution in [3.8, 4) is 0 Å². The van der Waals surface area contributed by atoms with Gasteiger partial charge in [0.05, 0.1) is 10.4 Å². The molecule has 2 nitrogen and oxygen atoms in total. The second-order valence-electron chi connectivity index (χ2n) is 3.16. The van der Waals surface area contributed by atoms with Gasteiger partial charge in [-0.25, -0.2) is 0 Å². The van der Waals surface area contributed by atoms with E-state index in [1.807, 2.05) is 19.1 Å². The average molecular weight is 204 g/mol. The molecule has 2 N–H and O–H groups in total. The standard InChI is InChI=1S/C11H12N2S/c1-8-10-5-4-9(3-2-6-12)7-11(10)14-13-8/h2-5,7H,6,12H2,1H3/b3-2+. The minimum absolute atomic E-state index is 0.583. The molecule has 0 radical (unpaired) electrons. The number of hydrogen-bond donors (Lipinski definition) is 1. The van der Waals surface area contributed by atoms with Crippen LogP contribution in [0.15, 0.2) is 24.3 Å². The molecule has 0 aliphatic heterocycles. The molecule has 72 valence electrons. The lowest BCUT2D eigenvalue weighted by molar-refractivity contribution is 1.26. The summed E-state index contributed by atoms with van der Waals surface area (Å²) in [5, 5.41) is 1.25. The summed E-state index contributed by atoms with van der Waals surface area (Å²) in [5.74, 6) is 0. The van der Waals surface area contributed by atoms with Gasteiger partial charge in [0, 0.05) is 11.9 Å². The Morgan fingerprint density at radius 3 is 3.14 bits per heavy atom. The van der Waals surface area contributed by atoms with Crippen molar-refractivity contribution < 1.29 is 0 Å². The number of aromatic nitrogens is 1. The Morgan fingerprint density at radius 2 is 2.36 bits per heavy atom. The maximum atomic E-state index is 5.40. The average Bonchev–Trinajstić information content (AvgIpc) is 2.57. The Balaban J connectivity index is 2.47. The molecule has 1 aromatic heterocycles. The van der Waals surface area contributed by atoms with Crippen molar-refractivity contribution in [1.82, 2.24) is 4.37 Å². The van der Waals surface area contributed by atoms with Crippen LogP contribution in [-0.4, -0.2) is 10.9 Å². The highest BCUT2D eigenvalue weighted by molar-refractivity contribution is 7.13.